The molecule has 1 heterocycles. The molecule has 0 aliphatic carbocycles. The number of hydrogen-bond donors (Lipinski definition) is 0. The van der Waals surface area contributed by atoms with Gasteiger partial charge in [0, 0.05) is 17.2 Å². The van der Waals surface area contributed by atoms with Crippen LogP contribution in [-0.2, 0) is 22.6 Å². The van der Waals surface area contributed by atoms with Gasteiger partial charge in [0.25, 0.3) is 0 Å². The molecule has 0 radical (unpaired) electrons. The lowest BCUT2D eigenvalue weighted by molar-refractivity contribution is -0.140. The van der Waals surface area contributed by atoms with Gasteiger partial charge in [-0.15, -0.1) is 0 Å². The van der Waals surface area contributed by atoms with Crippen molar-refractivity contribution >= 4 is 27.9 Å². The van der Waals surface area contributed by atoms with E-state index in [4.69, 9.17) is 9.15 Å². The molecule has 0 aliphatic rings. The van der Waals surface area contributed by atoms with E-state index in [-0.39, 0.29) is 5.97 Å². The van der Waals surface area contributed by atoms with Crippen LogP contribution in [0.4, 0.5) is 0 Å². The molecule has 0 atom stereocenters. The Hall–Kier alpha value is -3.27. The molecule has 0 unspecified atom stereocenters. The normalized spacial score (nSPS) is 11.0. The molecule has 0 saturated carbocycles. The molecular weight excluding hydrogens is 340 g/mol. The second kappa shape index (κ2) is 7.54. The van der Waals surface area contributed by atoms with Gasteiger partial charge in [0.15, 0.2) is 0 Å². The fourth-order valence-corrected chi connectivity index (χ4v) is 3.13. The van der Waals surface area contributed by atoms with Crippen molar-refractivity contribution in [2.75, 3.05) is 7.11 Å². The average molecular weight is 360 g/mol. The third kappa shape index (κ3) is 3.80. The van der Waals surface area contributed by atoms with Crippen LogP contribution in [0.25, 0.3) is 21.9 Å². The Labute approximate surface area is 157 Å². The number of methoxy groups -OCH3 is 1. The van der Waals surface area contributed by atoms with Crippen LogP contribution in [0, 0.1) is 0 Å². The zero-order valence-electron chi connectivity index (χ0n) is 15.1. The fourth-order valence-electron chi connectivity index (χ4n) is 3.13. The number of esters is 1. The molecule has 0 saturated heterocycles. The van der Waals surface area contributed by atoms with Crippen molar-refractivity contribution in [2.24, 2.45) is 0 Å². The van der Waals surface area contributed by atoms with Crippen molar-refractivity contribution in [3.05, 3.63) is 77.9 Å². The standard InChI is InChI=1S/C23H20O4/c1-25-23(24)13-9-16-6-10-18(11-7-16)26-15-17-8-12-22-20(14-17)19-4-2-3-5-21(19)27-22/h2-8,10-12,14H,9,13,15H2,1H3. The van der Waals surface area contributed by atoms with Gasteiger partial charge >= 0.3 is 5.97 Å². The first-order chi connectivity index (χ1) is 13.2. The lowest BCUT2D eigenvalue weighted by Gasteiger charge is -2.07. The van der Waals surface area contributed by atoms with E-state index in [1.54, 1.807) is 0 Å². The summed E-state index contributed by atoms with van der Waals surface area (Å²) in [5.74, 6) is 0.603. The first-order valence-electron chi connectivity index (χ1n) is 8.91. The molecule has 0 N–H and O–H groups in total. The number of aryl methyl sites for hydroxylation is 1. The van der Waals surface area contributed by atoms with Gasteiger partial charge in [-0.3, -0.25) is 4.79 Å². The van der Waals surface area contributed by atoms with Crippen molar-refractivity contribution in [1.82, 2.24) is 0 Å². The van der Waals surface area contributed by atoms with Crippen LogP contribution in [0.2, 0.25) is 0 Å². The molecule has 0 spiro atoms. The molecule has 0 bridgehead atoms. The maximum Gasteiger partial charge on any atom is 0.305 e. The van der Waals surface area contributed by atoms with Crippen LogP contribution >= 0.6 is 0 Å². The number of benzene rings is 3. The summed E-state index contributed by atoms with van der Waals surface area (Å²) in [6, 6.07) is 22.0. The van der Waals surface area contributed by atoms with E-state index < -0.39 is 0 Å². The minimum Gasteiger partial charge on any atom is -0.489 e. The number of hydrogen-bond acceptors (Lipinski definition) is 4. The van der Waals surface area contributed by atoms with Crippen LogP contribution in [0.1, 0.15) is 17.5 Å². The van der Waals surface area contributed by atoms with Gasteiger partial charge in [-0.1, -0.05) is 36.4 Å². The highest BCUT2D eigenvalue weighted by atomic mass is 16.5. The molecule has 4 rings (SSSR count). The lowest BCUT2D eigenvalue weighted by atomic mass is 10.1. The van der Waals surface area contributed by atoms with Gasteiger partial charge < -0.3 is 13.9 Å². The molecule has 1 aromatic heterocycles. The van der Waals surface area contributed by atoms with Crippen molar-refractivity contribution in [1.29, 1.82) is 0 Å². The highest BCUT2D eigenvalue weighted by Gasteiger charge is 2.07. The Kier molecular flexibility index (Phi) is 4.79. The zero-order chi connectivity index (χ0) is 18.6. The monoisotopic (exact) mass is 360 g/mol. The molecule has 3 aromatic carbocycles. The van der Waals surface area contributed by atoms with Crippen LogP contribution in [0.15, 0.2) is 71.1 Å². The van der Waals surface area contributed by atoms with Crippen molar-refractivity contribution < 1.29 is 18.7 Å². The van der Waals surface area contributed by atoms with E-state index >= 15 is 0 Å². The Morgan fingerprint density at radius 2 is 1.63 bits per heavy atom. The van der Waals surface area contributed by atoms with E-state index in [2.05, 4.69) is 16.9 Å². The van der Waals surface area contributed by atoms with Crippen LogP contribution in [0.3, 0.4) is 0 Å². The topological polar surface area (TPSA) is 48.7 Å². The summed E-state index contributed by atoms with van der Waals surface area (Å²) in [6.07, 6.45) is 1.05. The van der Waals surface area contributed by atoms with Crippen molar-refractivity contribution in [2.45, 2.75) is 19.4 Å². The maximum absolute atomic E-state index is 11.2. The van der Waals surface area contributed by atoms with E-state index in [1.807, 2.05) is 54.6 Å². The Morgan fingerprint density at radius 3 is 2.44 bits per heavy atom. The molecule has 4 heteroatoms. The lowest BCUT2D eigenvalue weighted by Crippen LogP contribution is -2.01. The Balaban J connectivity index is 1.43. The highest BCUT2D eigenvalue weighted by Crippen LogP contribution is 2.29. The molecule has 4 nitrogen and oxygen atoms in total. The van der Waals surface area contributed by atoms with Gasteiger partial charge in [-0.05, 0) is 47.9 Å². The molecule has 136 valence electrons. The predicted molar refractivity (Wildman–Crippen MR) is 105 cm³/mol. The molecule has 0 aliphatic heterocycles. The number of ether oxygens (including phenoxy) is 2. The van der Waals surface area contributed by atoms with Crippen molar-refractivity contribution in [3.8, 4) is 5.75 Å². The summed E-state index contributed by atoms with van der Waals surface area (Å²) in [5.41, 5.74) is 3.95. The SMILES string of the molecule is COC(=O)CCc1ccc(OCc2ccc3oc4ccccc4c3c2)cc1. The highest BCUT2D eigenvalue weighted by molar-refractivity contribution is 6.04. The quantitative estimate of drug-likeness (QED) is 0.440. The van der Waals surface area contributed by atoms with Gasteiger partial charge in [0.2, 0.25) is 0 Å². The largest absolute Gasteiger partial charge is 0.489 e. The summed E-state index contributed by atoms with van der Waals surface area (Å²) in [4.78, 5) is 11.2. The maximum atomic E-state index is 11.2. The van der Waals surface area contributed by atoms with Crippen LogP contribution < -0.4 is 4.74 Å². The third-order valence-electron chi connectivity index (χ3n) is 4.62. The summed E-state index contributed by atoms with van der Waals surface area (Å²) in [7, 11) is 1.41. The zero-order valence-corrected chi connectivity index (χ0v) is 15.1. The van der Waals surface area contributed by atoms with Gasteiger partial charge in [0.1, 0.15) is 23.5 Å². The van der Waals surface area contributed by atoms with Crippen LogP contribution in [0.5, 0.6) is 5.75 Å². The number of rotatable bonds is 6. The Morgan fingerprint density at radius 1 is 0.889 bits per heavy atom. The van der Waals surface area contributed by atoms with Crippen LogP contribution in [-0.4, -0.2) is 13.1 Å². The van der Waals surface area contributed by atoms with Crippen molar-refractivity contribution in [3.63, 3.8) is 0 Å². The molecule has 0 fully saturated rings. The molecule has 0 amide bonds. The summed E-state index contributed by atoms with van der Waals surface area (Å²) >= 11 is 0. The molecule has 27 heavy (non-hydrogen) atoms. The smallest absolute Gasteiger partial charge is 0.305 e. The first kappa shape index (κ1) is 17.2. The summed E-state index contributed by atoms with van der Waals surface area (Å²) in [6.45, 7) is 0.483. The van der Waals surface area contributed by atoms with Gasteiger partial charge in [0.05, 0.1) is 7.11 Å². The number of fused-ring (bicyclic) bond motifs is 3. The number of para-hydroxylation sites is 1. The molecule has 4 aromatic rings. The average Bonchev–Trinajstić information content (AvgIpc) is 3.09. The predicted octanol–water partition coefficient (Wildman–Crippen LogP) is 5.27. The Bertz CT molecular complexity index is 1080. The van der Waals surface area contributed by atoms with E-state index in [9.17, 15) is 4.79 Å². The number of carbonyl (C=O) groups is 1. The molecular formula is C23H20O4. The van der Waals surface area contributed by atoms with E-state index in [0.717, 1.165) is 38.8 Å². The minimum absolute atomic E-state index is 0.197. The third-order valence-corrected chi connectivity index (χ3v) is 4.62. The van der Waals surface area contributed by atoms with Gasteiger partial charge in [-0.2, -0.15) is 0 Å². The van der Waals surface area contributed by atoms with Gasteiger partial charge in [-0.25, -0.2) is 0 Å². The first-order valence-corrected chi connectivity index (χ1v) is 8.91. The second-order valence-electron chi connectivity index (χ2n) is 6.44. The summed E-state index contributed by atoms with van der Waals surface area (Å²) < 4.78 is 16.4. The van der Waals surface area contributed by atoms with E-state index in [1.165, 1.54) is 7.11 Å². The fraction of sp³-hybridized carbons (Fsp3) is 0.174. The minimum atomic E-state index is -0.197. The number of carbonyl (C=O) groups excluding carboxylic acids is 1. The summed E-state index contributed by atoms with van der Waals surface area (Å²) in [5, 5.41) is 2.22. The second-order valence-corrected chi connectivity index (χ2v) is 6.44. The van der Waals surface area contributed by atoms with E-state index in [0.29, 0.717) is 19.4 Å². The number of furan rings is 1.